The number of pyridine rings is 1. The molecule has 2 rings (SSSR count). The van der Waals surface area contributed by atoms with Gasteiger partial charge in [-0.05, 0) is 36.2 Å². The van der Waals surface area contributed by atoms with Crippen molar-refractivity contribution in [3.8, 4) is 0 Å². The summed E-state index contributed by atoms with van der Waals surface area (Å²) in [6, 6.07) is 5.45. The molecule has 0 aliphatic carbocycles. The molecule has 0 spiro atoms. The lowest BCUT2D eigenvalue weighted by atomic mass is 10.1. The maximum Gasteiger partial charge on any atom is 0.416 e. The Morgan fingerprint density at radius 3 is 2.15 bits per heavy atom. The number of hydrogen-bond acceptors (Lipinski definition) is 3. The van der Waals surface area contributed by atoms with Crippen molar-refractivity contribution in [3.05, 3.63) is 59.4 Å². The molecule has 0 atom stereocenters. The molecule has 0 bridgehead atoms. The average molecular weight is 365 g/mol. The number of carbonyl (C=O) groups is 2. The largest absolute Gasteiger partial charge is 0.416 e. The molecule has 2 aromatic rings. The third kappa shape index (κ3) is 5.30. The van der Waals surface area contributed by atoms with E-state index in [2.05, 4.69) is 15.6 Å². The van der Waals surface area contributed by atoms with Crippen molar-refractivity contribution in [1.82, 2.24) is 10.3 Å². The maximum atomic E-state index is 12.5. The van der Waals surface area contributed by atoms with Crippen molar-refractivity contribution in [1.29, 1.82) is 0 Å². The summed E-state index contributed by atoms with van der Waals surface area (Å²) in [6.45, 7) is 4.39. The van der Waals surface area contributed by atoms with Crippen LogP contribution in [0.1, 0.15) is 40.1 Å². The van der Waals surface area contributed by atoms with Gasteiger partial charge < -0.3 is 10.6 Å². The number of nitrogens with one attached hydrogen (secondary N) is 2. The first-order valence-electron chi connectivity index (χ1n) is 7.88. The van der Waals surface area contributed by atoms with E-state index < -0.39 is 17.6 Å². The van der Waals surface area contributed by atoms with Gasteiger partial charge in [-0.2, -0.15) is 13.2 Å². The van der Waals surface area contributed by atoms with Crippen LogP contribution < -0.4 is 10.6 Å². The molecule has 1 aromatic carbocycles. The molecule has 138 valence electrons. The summed E-state index contributed by atoms with van der Waals surface area (Å²) >= 11 is 0. The van der Waals surface area contributed by atoms with Gasteiger partial charge in [-0.25, -0.2) is 0 Å². The number of halogens is 3. The van der Waals surface area contributed by atoms with Crippen molar-refractivity contribution in [2.75, 3.05) is 11.9 Å². The minimum atomic E-state index is -4.44. The van der Waals surface area contributed by atoms with Crippen LogP contribution in [0, 0.1) is 5.92 Å². The van der Waals surface area contributed by atoms with Crippen LogP contribution in [0.4, 0.5) is 18.9 Å². The normalized spacial score (nSPS) is 11.3. The minimum absolute atomic E-state index is 0.127. The first-order chi connectivity index (χ1) is 12.2. The highest BCUT2D eigenvalue weighted by Gasteiger charge is 2.30. The summed E-state index contributed by atoms with van der Waals surface area (Å²) in [5.74, 6) is -0.649. The number of aromatic nitrogens is 1. The van der Waals surface area contributed by atoms with Gasteiger partial charge in [-0.15, -0.1) is 0 Å². The topological polar surface area (TPSA) is 71.1 Å². The van der Waals surface area contributed by atoms with E-state index in [1.807, 2.05) is 13.8 Å². The number of hydrogen-bond donors (Lipinski definition) is 2. The SMILES string of the molecule is CC(C)CNC(=O)c1cncc(C(=O)Nc2ccc(C(F)(F)F)cc2)c1. The first kappa shape index (κ1) is 19.4. The van der Waals surface area contributed by atoms with E-state index in [9.17, 15) is 22.8 Å². The molecule has 8 heteroatoms. The van der Waals surface area contributed by atoms with Gasteiger partial charge in [0.2, 0.25) is 0 Å². The van der Waals surface area contributed by atoms with E-state index in [-0.39, 0.29) is 28.6 Å². The molecule has 0 fully saturated rings. The molecule has 0 aliphatic rings. The van der Waals surface area contributed by atoms with Gasteiger partial charge in [0.05, 0.1) is 16.7 Å². The van der Waals surface area contributed by atoms with Crippen LogP contribution in [0.2, 0.25) is 0 Å². The zero-order chi connectivity index (χ0) is 19.3. The zero-order valence-corrected chi connectivity index (χ0v) is 14.2. The average Bonchev–Trinajstić information content (AvgIpc) is 2.59. The third-order valence-electron chi connectivity index (χ3n) is 3.40. The van der Waals surface area contributed by atoms with Gasteiger partial charge in [0.15, 0.2) is 0 Å². The number of amides is 2. The molecule has 0 aliphatic heterocycles. The van der Waals surface area contributed by atoms with Crippen LogP contribution in [0.3, 0.4) is 0 Å². The van der Waals surface area contributed by atoms with Crippen LogP contribution in [0.5, 0.6) is 0 Å². The minimum Gasteiger partial charge on any atom is -0.352 e. The summed E-state index contributed by atoms with van der Waals surface area (Å²) in [5, 5.41) is 5.19. The summed E-state index contributed by atoms with van der Waals surface area (Å²) in [4.78, 5) is 28.1. The summed E-state index contributed by atoms with van der Waals surface area (Å²) in [7, 11) is 0. The Kier molecular flexibility index (Phi) is 5.97. The highest BCUT2D eigenvalue weighted by atomic mass is 19.4. The van der Waals surface area contributed by atoms with Crippen LogP contribution in [0.15, 0.2) is 42.7 Å². The van der Waals surface area contributed by atoms with Crippen LogP contribution in [-0.4, -0.2) is 23.3 Å². The zero-order valence-electron chi connectivity index (χ0n) is 14.2. The van der Waals surface area contributed by atoms with Crippen LogP contribution in [0.25, 0.3) is 0 Å². The van der Waals surface area contributed by atoms with Gasteiger partial charge in [0.25, 0.3) is 11.8 Å². The van der Waals surface area contributed by atoms with E-state index in [0.717, 1.165) is 24.3 Å². The molecule has 0 unspecified atom stereocenters. The Hall–Kier alpha value is -2.90. The highest BCUT2D eigenvalue weighted by molar-refractivity contribution is 6.05. The fraction of sp³-hybridized carbons (Fsp3) is 0.278. The van der Waals surface area contributed by atoms with Crippen molar-refractivity contribution >= 4 is 17.5 Å². The maximum absolute atomic E-state index is 12.5. The standard InChI is InChI=1S/C18H18F3N3O2/c1-11(2)8-23-16(25)12-7-13(10-22-9-12)17(26)24-15-5-3-14(4-6-15)18(19,20)21/h3-7,9-11H,8H2,1-2H3,(H,23,25)(H,24,26). The molecular formula is C18H18F3N3O2. The number of carbonyl (C=O) groups excluding carboxylic acids is 2. The number of anilines is 1. The van der Waals surface area contributed by atoms with Gasteiger partial charge in [-0.3, -0.25) is 14.6 Å². The quantitative estimate of drug-likeness (QED) is 0.848. The summed E-state index contributed by atoms with van der Waals surface area (Å²) < 4.78 is 37.6. The van der Waals surface area contributed by atoms with Crippen molar-refractivity contribution in [2.24, 2.45) is 5.92 Å². The molecule has 1 aromatic heterocycles. The summed E-state index contributed by atoms with van der Waals surface area (Å²) in [6.07, 6.45) is -1.83. The van der Waals surface area contributed by atoms with Crippen molar-refractivity contribution < 1.29 is 22.8 Å². The van der Waals surface area contributed by atoms with Gasteiger partial charge in [0, 0.05) is 24.6 Å². The van der Waals surface area contributed by atoms with Crippen molar-refractivity contribution in [2.45, 2.75) is 20.0 Å². The Balaban J connectivity index is 2.08. The Labute approximate surface area is 148 Å². The lowest BCUT2D eigenvalue weighted by Gasteiger charge is -2.10. The predicted molar refractivity (Wildman–Crippen MR) is 90.8 cm³/mol. The smallest absolute Gasteiger partial charge is 0.352 e. The van der Waals surface area contributed by atoms with Crippen LogP contribution >= 0.6 is 0 Å². The fourth-order valence-electron chi connectivity index (χ4n) is 2.03. The van der Waals surface area contributed by atoms with Gasteiger partial charge in [-0.1, -0.05) is 13.8 Å². The van der Waals surface area contributed by atoms with Crippen molar-refractivity contribution in [3.63, 3.8) is 0 Å². The summed E-state index contributed by atoms with van der Waals surface area (Å²) in [5.41, 5.74) is -0.244. The number of alkyl halides is 3. The van der Waals surface area contributed by atoms with Gasteiger partial charge in [0.1, 0.15) is 0 Å². The first-order valence-corrected chi connectivity index (χ1v) is 7.88. The second kappa shape index (κ2) is 7.99. The molecule has 26 heavy (non-hydrogen) atoms. The van der Waals surface area contributed by atoms with E-state index in [1.54, 1.807) is 0 Å². The predicted octanol–water partition coefficient (Wildman–Crippen LogP) is 3.74. The molecule has 2 amide bonds. The van der Waals surface area contributed by atoms with Crippen LogP contribution in [-0.2, 0) is 6.18 Å². The van der Waals surface area contributed by atoms with E-state index >= 15 is 0 Å². The van der Waals surface area contributed by atoms with Gasteiger partial charge >= 0.3 is 6.18 Å². The van der Waals surface area contributed by atoms with E-state index in [0.29, 0.717) is 6.54 Å². The number of rotatable bonds is 5. The molecule has 1 heterocycles. The third-order valence-corrected chi connectivity index (χ3v) is 3.40. The molecule has 0 radical (unpaired) electrons. The highest BCUT2D eigenvalue weighted by Crippen LogP contribution is 2.29. The van der Waals surface area contributed by atoms with E-state index in [4.69, 9.17) is 0 Å². The molecule has 2 N–H and O–H groups in total. The molecule has 0 saturated carbocycles. The monoisotopic (exact) mass is 365 g/mol. The second-order valence-corrected chi connectivity index (χ2v) is 6.10. The number of benzene rings is 1. The molecule has 5 nitrogen and oxygen atoms in total. The number of nitrogens with zero attached hydrogens (tertiary/aromatic N) is 1. The molecule has 0 saturated heterocycles. The Morgan fingerprint density at radius 1 is 1.04 bits per heavy atom. The lowest BCUT2D eigenvalue weighted by molar-refractivity contribution is -0.137. The second-order valence-electron chi connectivity index (χ2n) is 6.10. The fourth-order valence-corrected chi connectivity index (χ4v) is 2.03. The Bertz CT molecular complexity index is 787. The lowest BCUT2D eigenvalue weighted by Crippen LogP contribution is -2.27. The van der Waals surface area contributed by atoms with E-state index in [1.165, 1.54) is 18.5 Å². The molecular weight excluding hydrogens is 347 g/mol. The Morgan fingerprint density at radius 2 is 1.62 bits per heavy atom.